The van der Waals surface area contributed by atoms with Crippen molar-refractivity contribution in [3.63, 3.8) is 0 Å². The molecule has 1 aliphatic heterocycles. The second-order valence-corrected chi connectivity index (χ2v) is 9.75. The largest absolute Gasteiger partial charge is 0.507 e. The Morgan fingerprint density at radius 2 is 1.64 bits per heavy atom. The predicted molar refractivity (Wildman–Crippen MR) is 130 cm³/mol. The quantitative estimate of drug-likeness (QED) is 0.385. The SMILES string of the molecule is COc1ccc(C(O)=C2C(=O)C(=O)N(CCCN(C)C)[C@H]2c2ccc(C(C)(C)C)cc2)cc1. The first-order chi connectivity index (χ1) is 15.5. The van der Waals surface area contributed by atoms with Crippen molar-refractivity contribution in [2.75, 3.05) is 34.3 Å². The second kappa shape index (κ2) is 9.79. The van der Waals surface area contributed by atoms with Crippen molar-refractivity contribution in [1.29, 1.82) is 0 Å². The van der Waals surface area contributed by atoms with Gasteiger partial charge < -0.3 is 19.6 Å². The number of likely N-dealkylation sites (tertiary alicyclic amines) is 1. The van der Waals surface area contributed by atoms with Crippen LogP contribution < -0.4 is 4.74 Å². The van der Waals surface area contributed by atoms with Gasteiger partial charge in [0.15, 0.2) is 0 Å². The number of benzene rings is 2. The fraction of sp³-hybridized carbons (Fsp3) is 0.407. The number of ether oxygens (including phenoxy) is 1. The third kappa shape index (κ3) is 5.28. The zero-order valence-corrected chi connectivity index (χ0v) is 20.4. The maximum Gasteiger partial charge on any atom is 0.295 e. The first kappa shape index (κ1) is 24.5. The zero-order valence-electron chi connectivity index (χ0n) is 20.4. The number of ketones is 1. The van der Waals surface area contributed by atoms with Crippen molar-refractivity contribution in [3.05, 3.63) is 70.8 Å². The van der Waals surface area contributed by atoms with Gasteiger partial charge in [0.05, 0.1) is 18.7 Å². The van der Waals surface area contributed by atoms with Gasteiger partial charge in [0.25, 0.3) is 11.7 Å². The van der Waals surface area contributed by atoms with Crippen molar-refractivity contribution in [2.24, 2.45) is 0 Å². The molecule has 3 rings (SSSR count). The summed E-state index contributed by atoms with van der Waals surface area (Å²) in [5.74, 6) is -0.757. The molecule has 1 atom stereocenters. The highest BCUT2D eigenvalue weighted by Crippen LogP contribution is 2.40. The summed E-state index contributed by atoms with van der Waals surface area (Å²) in [7, 11) is 5.51. The Balaban J connectivity index is 2.08. The normalized spacial score (nSPS) is 18.3. The zero-order chi connectivity index (χ0) is 24.3. The van der Waals surface area contributed by atoms with Crippen LogP contribution in [0.2, 0.25) is 0 Å². The van der Waals surface area contributed by atoms with Crippen molar-refractivity contribution in [1.82, 2.24) is 9.80 Å². The van der Waals surface area contributed by atoms with Crippen LogP contribution in [0.25, 0.3) is 5.76 Å². The second-order valence-electron chi connectivity index (χ2n) is 9.75. The van der Waals surface area contributed by atoms with Crippen LogP contribution in [0.1, 0.15) is 49.9 Å². The van der Waals surface area contributed by atoms with E-state index in [2.05, 4.69) is 20.8 Å². The fourth-order valence-electron chi connectivity index (χ4n) is 4.08. The van der Waals surface area contributed by atoms with Gasteiger partial charge in [0.2, 0.25) is 0 Å². The molecule has 1 fully saturated rings. The van der Waals surface area contributed by atoms with Gasteiger partial charge >= 0.3 is 0 Å². The van der Waals surface area contributed by atoms with Gasteiger partial charge in [-0.1, -0.05) is 45.0 Å². The molecule has 0 aromatic heterocycles. The molecule has 1 aliphatic rings. The topological polar surface area (TPSA) is 70.1 Å². The number of carbonyl (C=O) groups excluding carboxylic acids is 2. The van der Waals surface area contributed by atoms with E-state index in [9.17, 15) is 14.7 Å². The third-order valence-electron chi connectivity index (χ3n) is 6.00. The summed E-state index contributed by atoms with van der Waals surface area (Å²) >= 11 is 0. The summed E-state index contributed by atoms with van der Waals surface area (Å²) < 4.78 is 5.19. The molecule has 176 valence electrons. The van der Waals surface area contributed by atoms with Crippen LogP contribution in [0.3, 0.4) is 0 Å². The number of Topliss-reactive ketones (excluding diaryl/α,β-unsaturated/α-hetero) is 1. The van der Waals surface area contributed by atoms with E-state index < -0.39 is 17.7 Å². The lowest BCUT2D eigenvalue weighted by molar-refractivity contribution is -0.139. The van der Waals surface area contributed by atoms with Gasteiger partial charge in [-0.2, -0.15) is 0 Å². The highest BCUT2D eigenvalue weighted by atomic mass is 16.5. The summed E-state index contributed by atoms with van der Waals surface area (Å²) in [4.78, 5) is 29.8. The number of methoxy groups -OCH3 is 1. The lowest BCUT2D eigenvalue weighted by Crippen LogP contribution is -2.32. The van der Waals surface area contributed by atoms with Crippen LogP contribution >= 0.6 is 0 Å². The van der Waals surface area contributed by atoms with E-state index in [0.717, 1.165) is 24.1 Å². The molecule has 6 heteroatoms. The van der Waals surface area contributed by atoms with Gasteiger partial charge in [0.1, 0.15) is 11.5 Å². The summed E-state index contributed by atoms with van der Waals surface area (Å²) in [6, 6.07) is 14.1. The number of nitrogens with zero attached hydrogens (tertiary/aromatic N) is 2. The monoisotopic (exact) mass is 450 g/mol. The number of hydrogen-bond donors (Lipinski definition) is 1. The van der Waals surface area contributed by atoms with E-state index >= 15 is 0 Å². The van der Waals surface area contributed by atoms with Gasteiger partial charge in [-0.05, 0) is 67.9 Å². The van der Waals surface area contributed by atoms with Crippen LogP contribution in [0.15, 0.2) is 54.1 Å². The molecule has 2 aromatic carbocycles. The molecular formula is C27H34N2O4. The molecule has 0 unspecified atom stereocenters. The lowest BCUT2D eigenvalue weighted by Gasteiger charge is -2.27. The van der Waals surface area contributed by atoms with Crippen LogP contribution in [0.5, 0.6) is 5.75 Å². The van der Waals surface area contributed by atoms with Crippen molar-refractivity contribution in [3.8, 4) is 5.75 Å². The Hall–Kier alpha value is -3.12. The van der Waals surface area contributed by atoms with Gasteiger partial charge in [-0.15, -0.1) is 0 Å². The standard InChI is InChI=1S/C27H34N2O4/c1-27(2,3)20-12-8-18(9-13-20)23-22(24(30)19-10-14-21(33-6)15-11-19)25(31)26(32)29(23)17-7-16-28(4)5/h8-15,23,30H,7,16-17H2,1-6H3/t23-/m0/s1. The van der Waals surface area contributed by atoms with E-state index in [-0.39, 0.29) is 16.7 Å². The number of aliphatic hydroxyl groups excluding tert-OH is 1. The molecule has 1 heterocycles. The maximum absolute atomic E-state index is 13.1. The van der Waals surface area contributed by atoms with Gasteiger partial charge in [0, 0.05) is 12.1 Å². The van der Waals surface area contributed by atoms with Crippen LogP contribution in [-0.4, -0.2) is 60.9 Å². The molecule has 1 saturated heterocycles. The number of carbonyl (C=O) groups is 2. The molecule has 0 saturated carbocycles. The summed E-state index contributed by atoms with van der Waals surface area (Å²) in [5.41, 5.74) is 2.54. The first-order valence-corrected chi connectivity index (χ1v) is 11.2. The summed E-state index contributed by atoms with van der Waals surface area (Å²) in [6.07, 6.45) is 0.721. The molecule has 0 aliphatic carbocycles. The highest BCUT2D eigenvalue weighted by Gasteiger charge is 2.45. The molecule has 0 spiro atoms. The molecule has 6 nitrogen and oxygen atoms in total. The molecule has 1 N–H and O–H groups in total. The van der Waals surface area contributed by atoms with E-state index in [4.69, 9.17) is 4.74 Å². The molecule has 1 amide bonds. The Bertz CT molecular complexity index is 1030. The molecule has 0 radical (unpaired) electrons. The average Bonchev–Trinajstić information content (AvgIpc) is 3.03. The van der Waals surface area contributed by atoms with Gasteiger partial charge in [-0.3, -0.25) is 9.59 Å². The number of hydrogen-bond acceptors (Lipinski definition) is 5. The van der Waals surface area contributed by atoms with Crippen molar-refractivity contribution >= 4 is 17.4 Å². The Morgan fingerprint density at radius 3 is 2.15 bits per heavy atom. The van der Waals surface area contributed by atoms with E-state index in [1.807, 2.05) is 43.3 Å². The van der Waals surface area contributed by atoms with E-state index in [0.29, 0.717) is 17.9 Å². The maximum atomic E-state index is 13.1. The highest BCUT2D eigenvalue weighted by molar-refractivity contribution is 6.46. The number of aliphatic hydroxyl groups is 1. The minimum Gasteiger partial charge on any atom is -0.507 e. The minimum absolute atomic E-state index is 0.0187. The Labute approximate surface area is 196 Å². The van der Waals surface area contributed by atoms with Crippen molar-refractivity contribution in [2.45, 2.75) is 38.6 Å². The molecular weight excluding hydrogens is 416 g/mol. The molecule has 0 bridgehead atoms. The van der Waals surface area contributed by atoms with Crippen LogP contribution in [0, 0.1) is 0 Å². The number of amides is 1. The third-order valence-corrected chi connectivity index (χ3v) is 6.00. The molecule has 2 aromatic rings. The van der Waals surface area contributed by atoms with Crippen LogP contribution in [-0.2, 0) is 15.0 Å². The Kier molecular flexibility index (Phi) is 7.28. The number of rotatable bonds is 7. The predicted octanol–water partition coefficient (Wildman–Crippen LogP) is 4.37. The van der Waals surface area contributed by atoms with Crippen LogP contribution in [0.4, 0.5) is 0 Å². The first-order valence-electron chi connectivity index (χ1n) is 11.2. The lowest BCUT2D eigenvalue weighted by atomic mass is 9.85. The molecule has 33 heavy (non-hydrogen) atoms. The van der Waals surface area contributed by atoms with E-state index in [1.165, 1.54) is 0 Å². The average molecular weight is 451 g/mol. The Morgan fingerprint density at radius 1 is 1.03 bits per heavy atom. The fourth-order valence-corrected chi connectivity index (χ4v) is 4.08. The smallest absolute Gasteiger partial charge is 0.295 e. The minimum atomic E-state index is -0.655. The van der Waals surface area contributed by atoms with E-state index in [1.54, 1.807) is 36.3 Å². The van der Waals surface area contributed by atoms with Gasteiger partial charge in [-0.25, -0.2) is 0 Å². The van der Waals surface area contributed by atoms with Crippen molar-refractivity contribution < 1.29 is 19.4 Å². The summed E-state index contributed by atoms with van der Waals surface area (Å²) in [5, 5.41) is 11.1. The summed E-state index contributed by atoms with van der Waals surface area (Å²) in [6.45, 7) is 7.63.